The van der Waals surface area contributed by atoms with E-state index >= 15 is 0 Å². The number of nitrogens with one attached hydrogen (secondary N) is 2. The number of anilines is 1. The SMILES string of the molecule is N#CCCNS(=O)(=O)c1ccc(C(=O)Nc2cc(F)c(I)c(F)c2)cc1. The van der Waals surface area contributed by atoms with Crippen molar-refractivity contribution in [2.24, 2.45) is 0 Å². The molecule has 1 amide bonds. The normalized spacial score (nSPS) is 11.0. The van der Waals surface area contributed by atoms with Crippen molar-refractivity contribution < 1.29 is 22.0 Å². The fourth-order valence-electron chi connectivity index (χ4n) is 1.94. The minimum atomic E-state index is -3.78. The Morgan fingerprint density at radius 2 is 1.73 bits per heavy atom. The number of halogens is 3. The van der Waals surface area contributed by atoms with Gasteiger partial charge in [0.05, 0.1) is 14.5 Å². The van der Waals surface area contributed by atoms with Crippen molar-refractivity contribution >= 4 is 44.2 Å². The summed E-state index contributed by atoms with van der Waals surface area (Å²) in [6.45, 7) is -0.0228. The highest BCUT2D eigenvalue weighted by Crippen LogP contribution is 2.21. The van der Waals surface area contributed by atoms with E-state index in [0.29, 0.717) is 0 Å². The lowest BCUT2D eigenvalue weighted by Crippen LogP contribution is -2.24. The summed E-state index contributed by atoms with van der Waals surface area (Å²) >= 11 is 1.51. The molecule has 2 aromatic rings. The number of nitriles is 1. The van der Waals surface area contributed by atoms with Gasteiger partial charge in [-0.05, 0) is 59.0 Å². The largest absolute Gasteiger partial charge is 0.322 e. The minimum absolute atomic E-state index is 0.0228. The number of hydrogen-bond acceptors (Lipinski definition) is 4. The molecule has 0 aliphatic rings. The fourth-order valence-corrected chi connectivity index (χ4v) is 3.28. The van der Waals surface area contributed by atoms with E-state index in [2.05, 4.69) is 10.0 Å². The molecule has 0 fully saturated rings. The van der Waals surface area contributed by atoms with E-state index in [1.165, 1.54) is 46.9 Å². The average Bonchev–Trinajstić information content (AvgIpc) is 2.60. The molecule has 0 bridgehead atoms. The Morgan fingerprint density at radius 3 is 2.27 bits per heavy atom. The molecular weight excluding hydrogens is 479 g/mol. The van der Waals surface area contributed by atoms with E-state index < -0.39 is 27.6 Å². The first-order valence-electron chi connectivity index (χ1n) is 7.17. The molecule has 2 rings (SSSR count). The summed E-state index contributed by atoms with van der Waals surface area (Å²) in [4.78, 5) is 12.1. The maximum Gasteiger partial charge on any atom is 0.255 e. The first-order chi connectivity index (χ1) is 12.2. The van der Waals surface area contributed by atoms with Crippen molar-refractivity contribution in [2.45, 2.75) is 11.3 Å². The lowest BCUT2D eigenvalue weighted by atomic mass is 10.2. The number of carbonyl (C=O) groups is 1. The second kappa shape index (κ2) is 8.52. The third-order valence-electron chi connectivity index (χ3n) is 3.20. The molecule has 0 saturated carbocycles. The zero-order valence-electron chi connectivity index (χ0n) is 13.1. The molecule has 0 atom stereocenters. The summed E-state index contributed by atoms with van der Waals surface area (Å²) in [5.74, 6) is -2.25. The molecule has 0 aromatic heterocycles. The van der Waals surface area contributed by atoms with Crippen molar-refractivity contribution in [3.05, 3.63) is 57.2 Å². The topological polar surface area (TPSA) is 99.1 Å². The lowest BCUT2D eigenvalue weighted by Gasteiger charge is -2.08. The Kier molecular flexibility index (Phi) is 6.63. The Balaban J connectivity index is 2.13. The molecule has 0 heterocycles. The molecular formula is C16H12F2IN3O3S. The zero-order valence-corrected chi connectivity index (χ0v) is 16.1. The Hall–Kier alpha value is -2.10. The first kappa shape index (κ1) is 20.2. The van der Waals surface area contributed by atoms with Gasteiger partial charge in [0.1, 0.15) is 11.6 Å². The van der Waals surface area contributed by atoms with Crippen LogP contribution in [-0.4, -0.2) is 20.9 Å². The molecule has 0 aliphatic carbocycles. The highest BCUT2D eigenvalue weighted by atomic mass is 127. The van der Waals surface area contributed by atoms with Gasteiger partial charge in [0.15, 0.2) is 0 Å². The van der Waals surface area contributed by atoms with Gasteiger partial charge in [0.2, 0.25) is 10.0 Å². The van der Waals surface area contributed by atoms with Gasteiger partial charge in [0, 0.05) is 24.2 Å². The van der Waals surface area contributed by atoms with E-state index in [0.717, 1.165) is 12.1 Å². The Bertz CT molecular complexity index is 950. The van der Waals surface area contributed by atoms with Crippen LogP contribution < -0.4 is 10.0 Å². The summed E-state index contributed by atoms with van der Waals surface area (Å²) in [5, 5.41) is 10.8. The molecule has 2 N–H and O–H groups in total. The van der Waals surface area contributed by atoms with Crippen LogP contribution in [0.15, 0.2) is 41.3 Å². The Morgan fingerprint density at radius 1 is 1.15 bits per heavy atom. The maximum absolute atomic E-state index is 13.5. The van der Waals surface area contributed by atoms with Gasteiger partial charge in [-0.2, -0.15) is 5.26 Å². The quantitative estimate of drug-likeness (QED) is 0.369. The standard InChI is InChI=1S/C16H12F2IN3O3S/c17-13-8-11(9-14(18)15(13)19)22-16(23)10-2-4-12(5-3-10)26(24,25)21-7-1-6-20/h2-5,8-9,21H,1,7H2,(H,22,23). The van der Waals surface area contributed by atoms with Crippen LogP contribution in [0, 0.1) is 26.5 Å². The van der Waals surface area contributed by atoms with Crippen LogP contribution in [0.3, 0.4) is 0 Å². The van der Waals surface area contributed by atoms with E-state index in [-0.39, 0.29) is 32.7 Å². The van der Waals surface area contributed by atoms with Gasteiger partial charge >= 0.3 is 0 Å². The van der Waals surface area contributed by atoms with Crippen LogP contribution in [0.25, 0.3) is 0 Å². The van der Waals surface area contributed by atoms with Gasteiger partial charge in [-0.1, -0.05) is 0 Å². The molecule has 136 valence electrons. The summed E-state index contributed by atoms with van der Waals surface area (Å²) in [5.41, 5.74) is 0.0561. The average molecular weight is 491 g/mol. The fraction of sp³-hybridized carbons (Fsp3) is 0.125. The van der Waals surface area contributed by atoms with Crippen molar-refractivity contribution in [3.8, 4) is 6.07 Å². The molecule has 10 heteroatoms. The summed E-state index contributed by atoms with van der Waals surface area (Å²) in [6, 6.07) is 8.77. The highest BCUT2D eigenvalue weighted by Gasteiger charge is 2.15. The number of rotatable bonds is 6. The second-order valence-corrected chi connectivity index (χ2v) is 7.88. The predicted octanol–water partition coefficient (Wildman–Crippen LogP) is 3.01. The van der Waals surface area contributed by atoms with Crippen LogP contribution in [0.1, 0.15) is 16.8 Å². The van der Waals surface area contributed by atoms with Crippen LogP contribution in [0.2, 0.25) is 0 Å². The predicted molar refractivity (Wildman–Crippen MR) is 98.9 cm³/mol. The van der Waals surface area contributed by atoms with E-state index in [1.807, 2.05) is 6.07 Å². The van der Waals surface area contributed by atoms with Gasteiger partial charge in [0.25, 0.3) is 5.91 Å². The first-order valence-corrected chi connectivity index (χ1v) is 9.73. The second-order valence-electron chi connectivity index (χ2n) is 5.04. The molecule has 2 aromatic carbocycles. The third kappa shape index (κ3) is 4.96. The lowest BCUT2D eigenvalue weighted by molar-refractivity contribution is 0.102. The smallest absolute Gasteiger partial charge is 0.255 e. The van der Waals surface area contributed by atoms with Crippen molar-refractivity contribution in [1.29, 1.82) is 5.26 Å². The molecule has 6 nitrogen and oxygen atoms in total. The molecule has 0 aliphatic heterocycles. The van der Waals surface area contributed by atoms with Crippen molar-refractivity contribution in [3.63, 3.8) is 0 Å². The monoisotopic (exact) mass is 491 g/mol. The van der Waals surface area contributed by atoms with Crippen LogP contribution >= 0.6 is 22.6 Å². The van der Waals surface area contributed by atoms with Gasteiger partial charge in [-0.3, -0.25) is 4.79 Å². The molecule has 0 saturated heterocycles. The summed E-state index contributed by atoms with van der Waals surface area (Å²) < 4.78 is 53.1. The van der Waals surface area contributed by atoms with E-state index in [1.54, 1.807) is 0 Å². The van der Waals surface area contributed by atoms with Crippen molar-refractivity contribution in [2.75, 3.05) is 11.9 Å². The minimum Gasteiger partial charge on any atom is -0.322 e. The van der Waals surface area contributed by atoms with E-state index in [9.17, 15) is 22.0 Å². The molecule has 0 spiro atoms. The number of amides is 1. The molecule has 0 radical (unpaired) electrons. The highest BCUT2D eigenvalue weighted by molar-refractivity contribution is 14.1. The van der Waals surface area contributed by atoms with Gasteiger partial charge in [-0.15, -0.1) is 0 Å². The number of benzene rings is 2. The van der Waals surface area contributed by atoms with Gasteiger partial charge < -0.3 is 5.32 Å². The summed E-state index contributed by atoms with van der Waals surface area (Å²) in [7, 11) is -3.78. The van der Waals surface area contributed by atoms with Gasteiger partial charge in [-0.25, -0.2) is 21.9 Å². The zero-order chi connectivity index (χ0) is 19.3. The molecule has 26 heavy (non-hydrogen) atoms. The third-order valence-corrected chi connectivity index (χ3v) is 5.70. The van der Waals surface area contributed by atoms with Crippen LogP contribution in [0.4, 0.5) is 14.5 Å². The van der Waals surface area contributed by atoms with Crippen LogP contribution in [0.5, 0.6) is 0 Å². The number of sulfonamides is 1. The maximum atomic E-state index is 13.5. The number of carbonyl (C=O) groups excluding carboxylic acids is 1. The van der Waals surface area contributed by atoms with Crippen LogP contribution in [-0.2, 0) is 10.0 Å². The summed E-state index contributed by atoms with van der Waals surface area (Å²) in [6.07, 6.45) is 0.0306. The van der Waals surface area contributed by atoms with E-state index in [4.69, 9.17) is 5.26 Å². The number of nitrogens with zero attached hydrogens (tertiary/aromatic N) is 1. The molecule has 0 unspecified atom stereocenters. The Labute approximate surface area is 162 Å². The van der Waals surface area contributed by atoms with Crippen molar-refractivity contribution in [1.82, 2.24) is 4.72 Å². The number of hydrogen-bond donors (Lipinski definition) is 2.